The van der Waals surface area contributed by atoms with Crippen molar-refractivity contribution in [1.82, 2.24) is 9.55 Å². The van der Waals surface area contributed by atoms with E-state index in [-0.39, 0.29) is 23.9 Å². The summed E-state index contributed by atoms with van der Waals surface area (Å²) in [7, 11) is -0.0991. The predicted octanol–water partition coefficient (Wildman–Crippen LogP) is 7.32. The maximum atomic E-state index is 14.3. The van der Waals surface area contributed by atoms with Crippen molar-refractivity contribution in [1.29, 1.82) is 0 Å². The van der Waals surface area contributed by atoms with E-state index in [1.165, 1.54) is 13.1 Å². The fourth-order valence-corrected chi connectivity index (χ4v) is 5.02. The van der Waals surface area contributed by atoms with E-state index in [1.807, 2.05) is 0 Å². The lowest BCUT2D eigenvalue weighted by atomic mass is 10.1. The molecule has 0 aliphatic rings. The number of aromatic nitrogens is 2. The van der Waals surface area contributed by atoms with Crippen LogP contribution in [0.1, 0.15) is 21.7 Å². The van der Waals surface area contributed by atoms with E-state index >= 15 is 0 Å². The minimum absolute atomic E-state index is 0.192. The number of fused-ring (bicyclic) bond motifs is 1. The highest BCUT2D eigenvalue weighted by atomic mass is 28.3. The van der Waals surface area contributed by atoms with Crippen molar-refractivity contribution in [2.45, 2.75) is 45.5 Å². The topological polar surface area (TPSA) is 76.6 Å². The number of amides is 1. The van der Waals surface area contributed by atoms with Gasteiger partial charge in [-0.25, -0.2) is 8.78 Å². The molecule has 42 heavy (non-hydrogen) atoms. The molecule has 4 rings (SSSR count). The van der Waals surface area contributed by atoms with Gasteiger partial charge in [0, 0.05) is 45.1 Å². The van der Waals surface area contributed by atoms with Gasteiger partial charge in [-0.2, -0.15) is 13.2 Å². The number of aryl methyl sites for hydroxylation is 1. The molecule has 2 heterocycles. The number of benzene rings is 2. The van der Waals surface area contributed by atoms with Gasteiger partial charge < -0.3 is 23.9 Å². The largest absolute Gasteiger partial charge is 0.452 e. The molecule has 0 saturated heterocycles. The minimum atomic E-state index is -4.76. The number of anilines is 1. The molecule has 0 spiro atoms. The summed E-state index contributed by atoms with van der Waals surface area (Å²) in [5.74, 6) is -3.58. The summed E-state index contributed by atoms with van der Waals surface area (Å²) in [6.07, 6.45) is -3.09. The summed E-state index contributed by atoms with van der Waals surface area (Å²) < 4.78 is 81.3. The fraction of sp³-hybridized carbons (Fsp3) is 0.310. The average molecular weight is 608 g/mol. The number of nitrogens with one attached hydrogen (secondary N) is 1. The van der Waals surface area contributed by atoms with Gasteiger partial charge in [0.15, 0.2) is 17.3 Å². The number of aromatic amines is 1. The molecule has 2 aromatic heterocycles. The quantitative estimate of drug-likeness (QED) is 0.123. The summed E-state index contributed by atoms with van der Waals surface area (Å²) in [6, 6.07) is 7.15. The van der Waals surface area contributed by atoms with Crippen LogP contribution in [-0.2, 0) is 17.6 Å². The second-order valence-corrected chi connectivity index (χ2v) is 16.7. The lowest BCUT2D eigenvalue weighted by Crippen LogP contribution is -2.29. The molecule has 2 aromatic carbocycles. The first-order chi connectivity index (χ1) is 19.5. The van der Waals surface area contributed by atoms with Gasteiger partial charge in [-0.1, -0.05) is 19.6 Å². The van der Waals surface area contributed by atoms with Crippen LogP contribution in [-0.4, -0.2) is 37.2 Å². The zero-order chi connectivity index (χ0) is 31.0. The van der Waals surface area contributed by atoms with Crippen LogP contribution in [0.3, 0.4) is 0 Å². The lowest BCUT2D eigenvalue weighted by molar-refractivity contribution is -0.137. The smallest absolute Gasteiger partial charge is 0.416 e. The van der Waals surface area contributed by atoms with E-state index in [0.717, 1.165) is 29.1 Å². The first-order valence-electron chi connectivity index (χ1n) is 13.0. The first kappa shape index (κ1) is 31.0. The Morgan fingerprint density at radius 1 is 1.05 bits per heavy atom. The highest BCUT2D eigenvalue weighted by molar-refractivity contribution is 6.76. The predicted molar refractivity (Wildman–Crippen MR) is 152 cm³/mol. The Balaban J connectivity index is 1.67. The molecule has 0 radical (unpaired) electrons. The molecule has 0 aliphatic carbocycles. The van der Waals surface area contributed by atoms with Crippen molar-refractivity contribution >= 4 is 30.4 Å². The van der Waals surface area contributed by atoms with Gasteiger partial charge in [0.1, 0.15) is 18.2 Å². The maximum Gasteiger partial charge on any atom is 0.416 e. The number of halogens is 5. The Morgan fingerprint density at radius 3 is 2.38 bits per heavy atom. The second-order valence-electron chi connectivity index (χ2n) is 11.1. The second kappa shape index (κ2) is 11.7. The van der Waals surface area contributed by atoms with Crippen LogP contribution in [0.5, 0.6) is 11.5 Å². The Morgan fingerprint density at radius 2 is 1.74 bits per heavy atom. The molecule has 0 unspecified atom stereocenters. The average Bonchev–Trinajstić information content (AvgIpc) is 3.21. The van der Waals surface area contributed by atoms with Crippen LogP contribution in [0, 0.1) is 18.6 Å². The number of hydrogen-bond acceptors (Lipinski definition) is 4. The van der Waals surface area contributed by atoms with E-state index in [9.17, 15) is 31.5 Å². The van der Waals surface area contributed by atoms with Crippen molar-refractivity contribution in [2.24, 2.45) is 0 Å². The number of carbonyl (C=O) groups is 1. The molecule has 4 aromatic rings. The first-order valence-corrected chi connectivity index (χ1v) is 16.7. The highest BCUT2D eigenvalue weighted by Gasteiger charge is 2.33. The highest BCUT2D eigenvalue weighted by Crippen LogP contribution is 2.39. The summed E-state index contributed by atoms with van der Waals surface area (Å²) in [4.78, 5) is 29.8. The Hall–Kier alpha value is -3.97. The molecular formula is C29H30F5N3O4Si. The normalized spacial score (nSPS) is 12.1. The van der Waals surface area contributed by atoms with Crippen molar-refractivity contribution in [3.63, 3.8) is 0 Å². The molecule has 1 N–H and O–H groups in total. The van der Waals surface area contributed by atoms with Crippen LogP contribution in [0.15, 0.2) is 53.5 Å². The van der Waals surface area contributed by atoms with Crippen LogP contribution < -0.4 is 15.2 Å². The van der Waals surface area contributed by atoms with Crippen molar-refractivity contribution in [3.05, 3.63) is 87.6 Å². The summed E-state index contributed by atoms with van der Waals surface area (Å²) in [6.45, 7) is 9.22. The number of alkyl halides is 3. The number of nitrogens with zero attached hydrogens (tertiary/aromatic N) is 2. The molecule has 0 fully saturated rings. The molecule has 7 nitrogen and oxygen atoms in total. The van der Waals surface area contributed by atoms with Crippen LogP contribution in [0.25, 0.3) is 10.8 Å². The molecule has 13 heteroatoms. The van der Waals surface area contributed by atoms with Crippen molar-refractivity contribution < 1.29 is 36.2 Å². The molecule has 0 saturated carbocycles. The van der Waals surface area contributed by atoms with Gasteiger partial charge in [-0.05, 0) is 49.4 Å². The third kappa shape index (κ3) is 6.90. The standard InChI is InChI=1S/C29H30F5N3O4Si/c1-17-26-18(15-37(17)16-40-10-11-42(3,4)5)12-22(35-27(26)38)28(39)36(2)23-13-19(29(32,33)34)6-8-25(23)41-24-9-7-20(30)14-21(24)31/h6-9,12-15H,10-11,16H2,1-5H3,(H,35,38). The van der Waals surface area contributed by atoms with Gasteiger partial charge >= 0.3 is 6.18 Å². The number of ether oxygens (including phenoxy) is 2. The lowest BCUT2D eigenvalue weighted by Gasteiger charge is -2.22. The number of H-pyrrole nitrogens is 1. The summed E-state index contributed by atoms with van der Waals surface area (Å²) in [5.41, 5.74) is -1.57. The minimum Gasteiger partial charge on any atom is -0.452 e. The molecule has 224 valence electrons. The third-order valence-electron chi connectivity index (χ3n) is 6.67. The van der Waals surface area contributed by atoms with E-state index in [2.05, 4.69) is 24.6 Å². The van der Waals surface area contributed by atoms with Gasteiger partial charge in [-0.15, -0.1) is 0 Å². The molecule has 0 aliphatic heterocycles. The maximum absolute atomic E-state index is 14.3. The fourth-order valence-electron chi connectivity index (χ4n) is 4.26. The summed E-state index contributed by atoms with van der Waals surface area (Å²) in [5, 5.41) is 0.786. The van der Waals surface area contributed by atoms with Crippen molar-refractivity contribution in [3.8, 4) is 11.5 Å². The molecule has 0 bridgehead atoms. The number of carbonyl (C=O) groups excluding carboxylic acids is 1. The van der Waals surface area contributed by atoms with E-state index < -0.39 is 48.7 Å². The number of pyridine rings is 1. The Labute approximate surface area is 239 Å². The van der Waals surface area contributed by atoms with Gasteiger partial charge in [0.2, 0.25) is 0 Å². The molecule has 1 amide bonds. The zero-order valence-corrected chi connectivity index (χ0v) is 24.7. The zero-order valence-electron chi connectivity index (χ0n) is 23.7. The van der Waals surface area contributed by atoms with Crippen LogP contribution >= 0.6 is 0 Å². The third-order valence-corrected chi connectivity index (χ3v) is 8.38. The molecule has 0 atom stereocenters. The monoisotopic (exact) mass is 607 g/mol. The molecular weight excluding hydrogens is 577 g/mol. The Bertz CT molecular complexity index is 1690. The van der Waals surface area contributed by atoms with E-state index in [4.69, 9.17) is 9.47 Å². The van der Waals surface area contributed by atoms with Gasteiger partial charge in [0.05, 0.1) is 16.6 Å². The summed E-state index contributed by atoms with van der Waals surface area (Å²) >= 11 is 0. The van der Waals surface area contributed by atoms with Crippen LogP contribution in [0.2, 0.25) is 25.7 Å². The van der Waals surface area contributed by atoms with E-state index in [1.54, 1.807) is 17.7 Å². The SMILES string of the molecule is Cc1c2c(=O)[nH]c(C(=O)N(C)c3cc(C(F)(F)F)ccc3Oc3ccc(F)cc3F)cc2cn1COCC[Si](C)(C)C. The van der Waals surface area contributed by atoms with Crippen LogP contribution in [0.4, 0.5) is 27.6 Å². The number of rotatable bonds is 9. The van der Waals surface area contributed by atoms with Gasteiger partial charge in [-0.3, -0.25) is 9.59 Å². The van der Waals surface area contributed by atoms with Gasteiger partial charge in [0.25, 0.3) is 11.5 Å². The Kier molecular flexibility index (Phi) is 8.65. The number of hydrogen-bond donors (Lipinski definition) is 1. The van der Waals surface area contributed by atoms with Crippen molar-refractivity contribution in [2.75, 3.05) is 18.6 Å². The van der Waals surface area contributed by atoms with E-state index in [0.29, 0.717) is 41.3 Å².